The van der Waals surface area contributed by atoms with Gasteiger partial charge in [-0.25, -0.2) is 4.79 Å². The number of nitro groups is 1. The minimum absolute atomic E-state index is 0.0482. The van der Waals surface area contributed by atoms with Crippen molar-refractivity contribution in [1.82, 2.24) is 0 Å². The number of unbranched alkanes of at least 4 members (excludes halogenated alkanes) is 1. The van der Waals surface area contributed by atoms with Crippen LogP contribution in [0.3, 0.4) is 0 Å². The van der Waals surface area contributed by atoms with Crippen LogP contribution in [0.15, 0.2) is 18.2 Å². The third-order valence-electron chi connectivity index (χ3n) is 3.57. The number of nitrogens with zero attached hydrogens (tertiary/aromatic N) is 1. The number of carbonyl (C=O) groups excluding carboxylic acids is 1. The number of esters is 1. The highest BCUT2D eigenvalue weighted by Gasteiger charge is 2.22. The number of nitrogens with one attached hydrogen (secondary N) is 1. The van der Waals surface area contributed by atoms with E-state index in [1.54, 1.807) is 7.11 Å². The van der Waals surface area contributed by atoms with Crippen molar-refractivity contribution in [3.63, 3.8) is 0 Å². The van der Waals surface area contributed by atoms with Crippen LogP contribution >= 0.6 is 0 Å². The summed E-state index contributed by atoms with van der Waals surface area (Å²) in [5.41, 5.74) is 0.297. The van der Waals surface area contributed by atoms with Crippen molar-refractivity contribution in [3.8, 4) is 5.75 Å². The molecule has 0 fully saturated rings. The first-order chi connectivity index (χ1) is 12.0. The van der Waals surface area contributed by atoms with Gasteiger partial charge >= 0.3 is 5.97 Å². The maximum Gasteiger partial charge on any atom is 0.347 e. The molecule has 0 bridgehead atoms. The first kappa shape index (κ1) is 20.7. The van der Waals surface area contributed by atoms with E-state index in [4.69, 9.17) is 14.2 Å². The predicted molar refractivity (Wildman–Crippen MR) is 94.0 cm³/mol. The molecule has 1 aromatic rings. The van der Waals surface area contributed by atoms with E-state index >= 15 is 0 Å². The Balaban J connectivity index is 2.90. The van der Waals surface area contributed by atoms with Gasteiger partial charge in [0.1, 0.15) is 11.4 Å². The SMILES string of the molecule is CCCCC(Oc1ccc([N+](=O)[O-])c(NCCCOC)c1)C(=O)OC. The Morgan fingerprint density at radius 2 is 2.08 bits per heavy atom. The number of rotatable bonds is 12. The standard InChI is InChI=1S/C17H26N2O6/c1-4-5-7-16(17(20)24-3)25-13-8-9-15(19(21)22)14(12-13)18-10-6-11-23-2/h8-9,12,16,18H,4-7,10-11H2,1-3H3. The first-order valence-electron chi connectivity index (χ1n) is 8.29. The van der Waals surface area contributed by atoms with Gasteiger partial charge in [-0.05, 0) is 25.3 Å². The highest BCUT2D eigenvalue weighted by Crippen LogP contribution is 2.30. The number of benzene rings is 1. The average molecular weight is 354 g/mol. The van der Waals surface area contributed by atoms with Crippen LogP contribution in [0.4, 0.5) is 11.4 Å². The Bertz CT molecular complexity index is 564. The zero-order valence-corrected chi connectivity index (χ0v) is 14.9. The molecule has 0 spiro atoms. The Kier molecular flexibility index (Phi) is 9.31. The molecular formula is C17H26N2O6. The van der Waals surface area contributed by atoms with Crippen molar-refractivity contribution in [2.45, 2.75) is 38.7 Å². The Morgan fingerprint density at radius 1 is 1.32 bits per heavy atom. The van der Waals surface area contributed by atoms with Crippen molar-refractivity contribution in [3.05, 3.63) is 28.3 Å². The summed E-state index contributed by atoms with van der Waals surface area (Å²) in [7, 11) is 2.91. The summed E-state index contributed by atoms with van der Waals surface area (Å²) in [6.45, 7) is 3.09. The van der Waals surface area contributed by atoms with E-state index in [0.29, 0.717) is 37.4 Å². The number of ether oxygens (including phenoxy) is 3. The summed E-state index contributed by atoms with van der Waals surface area (Å²) in [4.78, 5) is 22.5. The highest BCUT2D eigenvalue weighted by molar-refractivity contribution is 5.75. The summed E-state index contributed by atoms with van der Waals surface area (Å²) in [5, 5.41) is 14.2. The van der Waals surface area contributed by atoms with Gasteiger partial charge in [-0.2, -0.15) is 0 Å². The molecule has 1 atom stereocenters. The molecule has 0 radical (unpaired) electrons. The summed E-state index contributed by atoms with van der Waals surface area (Å²) >= 11 is 0. The fourth-order valence-corrected chi connectivity index (χ4v) is 2.24. The molecule has 0 aliphatic heterocycles. The van der Waals surface area contributed by atoms with Crippen molar-refractivity contribution in [2.24, 2.45) is 0 Å². The number of hydrogen-bond acceptors (Lipinski definition) is 7. The molecule has 0 heterocycles. The largest absolute Gasteiger partial charge is 0.479 e. The molecule has 1 rings (SSSR count). The highest BCUT2D eigenvalue weighted by atomic mass is 16.6. The Morgan fingerprint density at radius 3 is 2.68 bits per heavy atom. The smallest absolute Gasteiger partial charge is 0.347 e. The van der Waals surface area contributed by atoms with E-state index in [1.807, 2.05) is 6.92 Å². The summed E-state index contributed by atoms with van der Waals surface area (Å²) in [6.07, 6.45) is 2.24. The molecule has 0 aromatic heterocycles. The maximum absolute atomic E-state index is 11.8. The lowest BCUT2D eigenvalue weighted by Crippen LogP contribution is -2.28. The lowest BCUT2D eigenvalue weighted by molar-refractivity contribution is -0.384. The number of nitro benzene ring substituents is 1. The molecule has 8 heteroatoms. The third kappa shape index (κ3) is 6.96. The molecule has 0 saturated heterocycles. The van der Waals surface area contributed by atoms with Gasteiger partial charge in [0.25, 0.3) is 5.69 Å². The van der Waals surface area contributed by atoms with Crippen LogP contribution in [0.5, 0.6) is 5.75 Å². The van der Waals surface area contributed by atoms with E-state index in [9.17, 15) is 14.9 Å². The molecule has 8 nitrogen and oxygen atoms in total. The molecule has 0 saturated carbocycles. The second-order valence-corrected chi connectivity index (χ2v) is 5.48. The van der Waals surface area contributed by atoms with Crippen molar-refractivity contribution >= 4 is 17.3 Å². The summed E-state index contributed by atoms with van der Waals surface area (Å²) < 4.78 is 15.4. The Labute approximate surface area is 147 Å². The quantitative estimate of drug-likeness (QED) is 0.266. The Hall–Kier alpha value is -2.35. The van der Waals surface area contributed by atoms with Crippen LogP contribution in [0.2, 0.25) is 0 Å². The molecule has 1 N–H and O–H groups in total. The predicted octanol–water partition coefficient (Wildman–Crippen LogP) is 3.15. The lowest BCUT2D eigenvalue weighted by Gasteiger charge is -2.17. The fourth-order valence-electron chi connectivity index (χ4n) is 2.24. The van der Waals surface area contributed by atoms with Gasteiger partial charge in [-0.1, -0.05) is 13.3 Å². The first-order valence-corrected chi connectivity index (χ1v) is 8.29. The van der Waals surface area contributed by atoms with Gasteiger partial charge in [0.05, 0.1) is 12.0 Å². The number of carbonyl (C=O) groups is 1. The second kappa shape index (κ2) is 11.2. The van der Waals surface area contributed by atoms with Gasteiger partial charge in [0, 0.05) is 32.4 Å². The molecule has 25 heavy (non-hydrogen) atoms. The van der Waals surface area contributed by atoms with Crippen LogP contribution < -0.4 is 10.1 Å². The van der Waals surface area contributed by atoms with Gasteiger partial charge in [0.2, 0.25) is 0 Å². The molecule has 140 valence electrons. The lowest BCUT2D eigenvalue weighted by atomic mass is 10.1. The zero-order chi connectivity index (χ0) is 18.7. The van der Waals surface area contributed by atoms with E-state index in [1.165, 1.54) is 25.3 Å². The fraction of sp³-hybridized carbons (Fsp3) is 0.588. The maximum atomic E-state index is 11.8. The van der Waals surface area contributed by atoms with Crippen LogP contribution in [-0.2, 0) is 14.3 Å². The number of anilines is 1. The second-order valence-electron chi connectivity index (χ2n) is 5.48. The van der Waals surface area contributed by atoms with Crippen LogP contribution in [0.1, 0.15) is 32.6 Å². The molecule has 0 amide bonds. The molecule has 0 aliphatic rings. The van der Waals surface area contributed by atoms with Crippen molar-refractivity contribution in [2.75, 3.05) is 32.7 Å². The number of hydrogen-bond donors (Lipinski definition) is 1. The molecule has 1 unspecified atom stereocenters. The van der Waals surface area contributed by atoms with Crippen LogP contribution in [0.25, 0.3) is 0 Å². The summed E-state index contributed by atoms with van der Waals surface area (Å²) in [5.74, 6) is -0.0762. The normalized spacial score (nSPS) is 11.6. The molecular weight excluding hydrogens is 328 g/mol. The number of methoxy groups -OCH3 is 2. The van der Waals surface area contributed by atoms with Gasteiger partial charge in [-0.15, -0.1) is 0 Å². The molecule has 0 aliphatic carbocycles. The zero-order valence-electron chi connectivity index (χ0n) is 14.9. The van der Waals surface area contributed by atoms with Crippen LogP contribution in [-0.4, -0.2) is 44.4 Å². The van der Waals surface area contributed by atoms with E-state index < -0.39 is 17.0 Å². The van der Waals surface area contributed by atoms with E-state index in [0.717, 1.165) is 12.8 Å². The van der Waals surface area contributed by atoms with Crippen molar-refractivity contribution < 1.29 is 23.9 Å². The average Bonchev–Trinajstić information content (AvgIpc) is 2.61. The third-order valence-corrected chi connectivity index (χ3v) is 3.57. The van der Waals surface area contributed by atoms with E-state index in [-0.39, 0.29) is 5.69 Å². The molecule has 1 aromatic carbocycles. The minimum Gasteiger partial charge on any atom is -0.479 e. The monoisotopic (exact) mass is 354 g/mol. The summed E-state index contributed by atoms with van der Waals surface area (Å²) in [6, 6.07) is 4.38. The van der Waals surface area contributed by atoms with Gasteiger partial charge in [0.15, 0.2) is 6.10 Å². The van der Waals surface area contributed by atoms with Gasteiger partial charge < -0.3 is 19.5 Å². The van der Waals surface area contributed by atoms with Crippen LogP contribution in [0, 0.1) is 10.1 Å². The topological polar surface area (TPSA) is 99.9 Å². The minimum atomic E-state index is -0.729. The van der Waals surface area contributed by atoms with Crippen molar-refractivity contribution in [1.29, 1.82) is 0 Å². The van der Waals surface area contributed by atoms with Gasteiger partial charge in [-0.3, -0.25) is 10.1 Å². The van der Waals surface area contributed by atoms with E-state index in [2.05, 4.69) is 5.32 Å².